The van der Waals surface area contributed by atoms with Crippen LogP contribution in [-0.4, -0.2) is 22.3 Å². The van der Waals surface area contributed by atoms with E-state index in [1.165, 1.54) is 6.07 Å². The fourth-order valence-electron chi connectivity index (χ4n) is 1.24. The second-order valence-electron chi connectivity index (χ2n) is 3.71. The number of amides is 1. The van der Waals surface area contributed by atoms with Crippen LogP contribution >= 0.6 is 23.1 Å². The summed E-state index contributed by atoms with van der Waals surface area (Å²) in [6, 6.07) is 6.13. The van der Waals surface area contributed by atoms with Gasteiger partial charge >= 0.3 is 12.1 Å². The third-order valence-corrected chi connectivity index (χ3v) is 4.21. The van der Waals surface area contributed by atoms with Gasteiger partial charge in [-0.2, -0.15) is 13.2 Å². The van der Waals surface area contributed by atoms with Gasteiger partial charge in [-0.15, -0.1) is 10.2 Å². The van der Waals surface area contributed by atoms with Crippen molar-refractivity contribution in [2.45, 2.75) is 16.3 Å². The summed E-state index contributed by atoms with van der Waals surface area (Å²) in [4.78, 5) is 10.7. The maximum absolute atomic E-state index is 13.4. The monoisotopic (exact) mass is 337 g/mol. The molecule has 0 unspecified atom stereocenters. The molecule has 0 atom stereocenters. The first-order valence-electron chi connectivity index (χ1n) is 5.44. The van der Waals surface area contributed by atoms with Gasteiger partial charge < -0.3 is 0 Å². The van der Waals surface area contributed by atoms with Crippen LogP contribution in [0.5, 0.6) is 0 Å². The molecule has 21 heavy (non-hydrogen) atoms. The molecule has 2 rings (SSSR count). The highest BCUT2D eigenvalue weighted by Gasteiger charge is 2.39. The predicted octanol–water partition coefficient (Wildman–Crippen LogP) is 3.47. The largest absolute Gasteiger partial charge is 0.471 e. The number of halogens is 4. The fourth-order valence-corrected chi connectivity index (χ4v) is 2.97. The fraction of sp³-hybridized carbons (Fsp3) is 0.182. The van der Waals surface area contributed by atoms with E-state index in [2.05, 4.69) is 10.2 Å². The van der Waals surface area contributed by atoms with Crippen LogP contribution in [-0.2, 0) is 10.5 Å². The minimum absolute atomic E-state index is 0.256. The summed E-state index contributed by atoms with van der Waals surface area (Å²) >= 11 is 1.90. The highest BCUT2D eigenvalue weighted by atomic mass is 32.2. The zero-order valence-corrected chi connectivity index (χ0v) is 11.8. The van der Waals surface area contributed by atoms with Crippen molar-refractivity contribution in [3.8, 4) is 0 Å². The number of aromatic nitrogens is 2. The van der Waals surface area contributed by atoms with E-state index in [4.69, 9.17) is 0 Å². The van der Waals surface area contributed by atoms with Gasteiger partial charge in [0.25, 0.3) is 0 Å². The van der Waals surface area contributed by atoms with Gasteiger partial charge in [-0.25, -0.2) is 4.39 Å². The van der Waals surface area contributed by atoms with Gasteiger partial charge in [0.05, 0.1) is 0 Å². The van der Waals surface area contributed by atoms with Crippen LogP contribution < -0.4 is 5.32 Å². The van der Waals surface area contributed by atoms with Crippen molar-refractivity contribution >= 4 is 34.1 Å². The average Bonchev–Trinajstić information content (AvgIpc) is 2.84. The third-order valence-electron chi connectivity index (χ3n) is 2.19. The molecule has 0 fully saturated rings. The molecule has 2 aromatic rings. The van der Waals surface area contributed by atoms with Gasteiger partial charge in [0, 0.05) is 5.75 Å². The number of hydrogen-bond acceptors (Lipinski definition) is 5. The maximum Gasteiger partial charge on any atom is 0.471 e. The molecule has 1 aromatic heterocycles. The molecule has 0 spiro atoms. The number of alkyl halides is 3. The molecule has 4 nitrogen and oxygen atoms in total. The normalized spacial score (nSPS) is 11.4. The third kappa shape index (κ3) is 4.39. The number of thioether (sulfide) groups is 1. The zero-order chi connectivity index (χ0) is 15.5. The molecule has 112 valence electrons. The molecule has 0 radical (unpaired) electrons. The van der Waals surface area contributed by atoms with Crippen molar-refractivity contribution in [2.24, 2.45) is 0 Å². The van der Waals surface area contributed by atoms with E-state index in [9.17, 15) is 22.4 Å². The highest BCUT2D eigenvalue weighted by molar-refractivity contribution is 8.00. The van der Waals surface area contributed by atoms with Crippen molar-refractivity contribution < 1.29 is 22.4 Å². The Hall–Kier alpha value is -1.68. The molecule has 1 heterocycles. The lowest BCUT2D eigenvalue weighted by atomic mass is 10.2. The van der Waals surface area contributed by atoms with Crippen LogP contribution in [0.2, 0.25) is 0 Å². The summed E-state index contributed by atoms with van der Waals surface area (Å²) in [5, 5.41) is 8.40. The number of nitrogens with zero attached hydrogens (tertiary/aromatic N) is 2. The topological polar surface area (TPSA) is 54.9 Å². The number of hydrogen-bond donors (Lipinski definition) is 1. The molecule has 10 heteroatoms. The Morgan fingerprint density at radius 2 is 2.00 bits per heavy atom. The molecule has 1 aromatic carbocycles. The van der Waals surface area contributed by atoms with Crippen LogP contribution in [0.4, 0.5) is 22.7 Å². The summed E-state index contributed by atoms with van der Waals surface area (Å²) in [7, 11) is 0. The second kappa shape index (κ2) is 6.39. The van der Waals surface area contributed by atoms with Crippen molar-refractivity contribution in [1.29, 1.82) is 0 Å². The van der Waals surface area contributed by atoms with E-state index < -0.39 is 12.1 Å². The smallest absolute Gasteiger partial charge is 0.293 e. The Labute approximate surface area is 124 Å². The van der Waals surface area contributed by atoms with E-state index in [1.54, 1.807) is 23.5 Å². The highest BCUT2D eigenvalue weighted by Crippen LogP contribution is 2.29. The Balaban J connectivity index is 1.95. The lowest BCUT2D eigenvalue weighted by molar-refractivity contribution is -0.167. The summed E-state index contributed by atoms with van der Waals surface area (Å²) in [6.07, 6.45) is -4.98. The van der Waals surface area contributed by atoms with Crippen LogP contribution in [0.3, 0.4) is 0 Å². The number of carbonyl (C=O) groups is 1. The van der Waals surface area contributed by atoms with Crippen LogP contribution in [0, 0.1) is 5.82 Å². The molecule has 0 aliphatic rings. The minimum Gasteiger partial charge on any atom is -0.293 e. The molecular weight excluding hydrogens is 330 g/mol. The van der Waals surface area contributed by atoms with Gasteiger partial charge in [-0.1, -0.05) is 41.3 Å². The molecule has 1 amide bonds. The Morgan fingerprint density at radius 3 is 2.67 bits per heavy atom. The SMILES string of the molecule is O=C(Nc1nnc(SCc2ccccc2F)s1)C(F)(F)F. The number of benzene rings is 1. The summed E-state index contributed by atoms with van der Waals surface area (Å²) in [6.45, 7) is 0. The van der Waals surface area contributed by atoms with Gasteiger partial charge in [0.1, 0.15) is 5.82 Å². The van der Waals surface area contributed by atoms with Gasteiger partial charge in [-0.3, -0.25) is 10.1 Å². The van der Waals surface area contributed by atoms with Crippen molar-refractivity contribution in [3.63, 3.8) is 0 Å². The molecule has 1 N–H and O–H groups in total. The van der Waals surface area contributed by atoms with E-state index in [1.807, 2.05) is 0 Å². The molecule has 0 saturated heterocycles. The molecule has 0 aliphatic heterocycles. The second-order valence-corrected chi connectivity index (χ2v) is 5.91. The first kappa shape index (κ1) is 15.7. The van der Waals surface area contributed by atoms with E-state index in [0.29, 0.717) is 9.90 Å². The van der Waals surface area contributed by atoms with Crippen molar-refractivity contribution in [3.05, 3.63) is 35.6 Å². The van der Waals surface area contributed by atoms with Gasteiger partial charge in [0.2, 0.25) is 5.13 Å². The summed E-state index contributed by atoms with van der Waals surface area (Å²) in [5.41, 5.74) is 0.443. The molecule has 0 aliphatic carbocycles. The first-order valence-corrected chi connectivity index (χ1v) is 7.24. The quantitative estimate of drug-likeness (QED) is 0.527. The van der Waals surface area contributed by atoms with Crippen molar-refractivity contribution in [1.82, 2.24) is 10.2 Å². The zero-order valence-electron chi connectivity index (χ0n) is 10.1. The molecule has 0 saturated carbocycles. The Kier molecular flexibility index (Phi) is 4.78. The lowest BCUT2D eigenvalue weighted by Gasteiger charge is -2.03. The van der Waals surface area contributed by atoms with Gasteiger partial charge in [-0.05, 0) is 11.6 Å². The summed E-state index contributed by atoms with van der Waals surface area (Å²) in [5.74, 6) is -2.22. The predicted molar refractivity (Wildman–Crippen MR) is 70.6 cm³/mol. The minimum atomic E-state index is -4.98. The van der Waals surface area contributed by atoms with Crippen LogP contribution in [0.15, 0.2) is 28.6 Å². The van der Waals surface area contributed by atoms with Gasteiger partial charge in [0.15, 0.2) is 4.34 Å². The summed E-state index contributed by atoms with van der Waals surface area (Å²) < 4.78 is 49.9. The molecule has 0 bridgehead atoms. The van der Waals surface area contributed by atoms with E-state index >= 15 is 0 Å². The van der Waals surface area contributed by atoms with Crippen molar-refractivity contribution in [2.75, 3.05) is 5.32 Å². The van der Waals surface area contributed by atoms with E-state index in [0.717, 1.165) is 23.1 Å². The molecular formula is C11H7F4N3OS2. The first-order chi connectivity index (χ1) is 9.86. The lowest BCUT2D eigenvalue weighted by Crippen LogP contribution is -2.29. The maximum atomic E-state index is 13.4. The Bertz CT molecular complexity index is 644. The van der Waals surface area contributed by atoms with Crippen LogP contribution in [0.1, 0.15) is 5.56 Å². The average molecular weight is 337 g/mol. The number of rotatable bonds is 4. The number of nitrogens with one attached hydrogen (secondary N) is 1. The van der Waals surface area contributed by atoms with Crippen LogP contribution in [0.25, 0.3) is 0 Å². The number of anilines is 1. The van der Waals surface area contributed by atoms with E-state index in [-0.39, 0.29) is 16.7 Å². The number of carbonyl (C=O) groups excluding carboxylic acids is 1. The standard InChI is InChI=1S/C11H7F4N3OS2/c12-7-4-2-1-3-6(7)5-20-10-18-17-9(21-10)16-8(19)11(13,14)15/h1-4H,5H2,(H,16,17,19). The Morgan fingerprint density at radius 1 is 1.29 bits per heavy atom.